The summed E-state index contributed by atoms with van der Waals surface area (Å²) in [5.41, 5.74) is 0.757. The monoisotopic (exact) mass is 391 g/mol. The van der Waals surface area contributed by atoms with Gasteiger partial charge in [-0.1, -0.05) is 42.2 Å². The minimum absolute atomic E-state index is 0.0147. The maximum Gasteiger partial charge on any atom is 0.272 e. The first-order valence-corrected chi connectivity index (χ1v) is 8.58. The topological polar surface area (TPSA) is 93.8 Å². The van der Waals surface area contributed by atoms with Gasteiger partial charge in [-0.05, 0) is 30.2 Å². The van der Waals surface area contributed by atoms with E-state index < -0.39 is 11.9 Å². The highest BCUT2D eigenvalue weighted by Crippen LogP contribution is 2.24. The summed E-state index contributed by atoms with van der Waals surface area (Å²) < 4.78 is 5.35. The zero-order valence-corrected chi connectivity index (χ0v) is 15.5. The average molecular weight is 392 g/mol. The van der Waals surface area contributed by atoms with Crippen LogP contribution in [0.4, 0.5) is 0 Å². The summed E-state index contributed by atoms with van der Waals surface area (Å²) in [6.07, 6.45) is 3.29. The third-order valence-corrected chi connectivity index (χ3v) is 4.12. The molecule has 0 aliphatic heterocycles. The first-order chi connectivity index (χ1) is 12.5. The summed E-state index contributed by atoms with van der Waals surface area (Å²) in [6.45, 7) is 3.85. The number of nitrogens with zero attached hydrogens (tertiary/aromatic N) is 4. The molecule has 0 bridgehead atoms. The normalized spacial score (nSPS) is 12.2. The van der Waals surface area contributed by atoms with Crippen molar-refractivity contribution in [2.45, 2.75) is 19.9 Å². The molecule has 3 aromatic rings. The Morgan fingerprint density at radius 2 is 2.00 bits per heavy atom. The molecule has 3 aromatic heterocycles. The Bertz CT molecular complexity index is 915. The van der Waals surface area contributed by atoms with Gasteiger partial charge < -0.3 is 9.84 Å². The minimum Gasteiger partial charge on any atom is -0.339 e. The zero-order valence-electron chi connectivity index (χ0n) is 14.0. The van der Waals surface area contributed by atoms with Gasteiger partial charge >= 0.3 is 0 Å². The smallest absolute Gasteiger partial charge is 0.272 e. The Morgan fingerprint density at radius 1 is 1.19 bits per heavy atom. The van der Waals surface area contributed by atoms with Crippen LogP contribution in [0.3, 0.4) is 0 Å². The molecule has 7 nitrogen and oxygen atoms in total. The number of rotatable bonds is 5. The molecule has 9 heteroatoms. The number of hydrogen-bond acceptors (Lipinski definition) is 6. The Hall–Kier alpha value is -2.51. The minimum atomic E-state index is -0.516. The molecule has 1 N–H and O–H groups in total. The van der Waals surface area contributed by atoms with Crippen LogP contribution in [-0.4, -0.2) is 26.0 Å². The van der Waals surface area contributed by atoms with Gasteiger partial charge in [0.25, 0.3) is 5.91 Å². The van der Waals surface area contributed by atoms with Crippen LogP contribution >= 0.6 is 23.2 Å². The second-order valence-electron chi connectivity index (χ2n) is 5.86. The van der Waals surface area contributed by atoms with Gasteiger partial charge in [0.05, 0.1) is 5.02 Å². The molecule has 3 heterocycles. The van der Waals surface area contributed by atoms with E-state index in [2.05, 4.69) is 25.4 Å². The van der Waals surface area contributed by atoms with E-state index in [1.165, 1.54) is 12.1 Å². The second kappa shape index (κ2) is 7.80. The Kier molecular flexibility index (Phi) is 5.49. The Balaban J connectivity index is 1.85. The molecular weight excluding hydrogens is 377 g/mol. The SMILES string of the molecule is CC(C)C(NC(=O)c1nc(Cl)ccc1Cl)c1nc(-c2cccnc2)no1. The van der Waals surface area contributed by atoms with Crippen LogP contribution < -0.4 is 5.32 Å². The molecule has 0 saturated heterocycles. The number of pyridine rings is 2. The summed E-state index contributed by atoms with van der Waals surface area (Å²) in [7, 11) is 0. The maximum absolute atomic E-state index is 12.6. The van der Waals surface area contributed by atoms with Crippen LogP contribution in [0, 0.1) is 5.92 Å². The highest BCUT2D eigenvalue weighted by Gasteiger charge is 2.26. The van der Waals surface area contributed by atoms with Gasteiger partial charge in [0.15, 0.2) is 0 Å². The molecule has 1 amide bonds. The van der Waals surface area contributed by atoms with Crippen molar-refractivity contribution in [2.75, 3.05) is 0 Å². The summed E-state index contributed by atoms with van der Waals surface area (Å²) in [4.78, 5) is 25.0. The fourth-order valence-electron chi connectivity index (χ4n) is 2.27. The lowest BCUT2D eigenvalue weighted by atomic mass is 10.0. The number of amides is 1. The van der Waals surface area contributed by atoms with E-state index in [-0.39, 0.29) is 27.7 Å². The standard InChI is InChI=1S/C17H15Cl2N5O2/c1-9(2)13(22-16(25)14-11(18)5-6-12(19)21-14)17-23-15(24-26-17)10-4-3-7-20-8-10/h3-9,13H,1-2H3,(H,22,25). The van der Waals surface area contributed by atoms with Gasteiger partial charge in [0.1, 0.15) is 16.9 Å². The van der Waals surface area contributed by atoms with E-state index in [0.717, 1.165) is 5.56 Å². The molecule has 26 heavy (non-hydrogen) atoms. The molecule has 0 radical (unpaired) electrons. The van der Waals surface area contributed by atoms with Crippen LogP contribution in [0.2, 0.25) is 10.2 Å². The quantitative estimate of drug-likeness (QED) is 0.661. The number of aromatic nitrogens is 4. The number of carbonyl (C=O) groups excluding carboxylic acids is 1. The fraction of sp³-hybridized carbons (Fsp3) is 0.235. The molecule has 1 atom stereocenters. The summed E-state index contributed by atoms with van der Waals surface area (Å²) in [5, 5.41) is 7.17. The lowest BCUT2D eigenvalue weighted by molar-refractivity contribution is 0.0909. The van der Waals surface area contributed by atoms with Gasteiger partial charge in [-0.25, -0.2) is 4.98 Å². The van der Waals surface area contributed by atoms with Crippen LogP contribution in [0.25, 0.3) is 11.4 Å². The molecule has 3 rings (SSSR count). The molecule has 0 aliphatic carbocycles. The number of halogens is 2. The van der Waals surface area contributed by atoms with Crippen molar-refractivity contribution in [3.05, 3.63) is 58.4 Å². The Labute approximate surface area is 159 Å². The highest BCUT2D eigenvalue weighted by molar-refractivity contribution is 6.34. The van der Waals surface area contributed by atoms with E-state index >= 15 is 0 Å². The lowest BCUT2D eigenvalue weighted by Crippen LogP contribution is -2.32. The van der Waals surface area contributed by atoms with Crippen LogP contribution in [0.5, 0.6) is 0 Å². The highest BCUT2D eigenvalue weighted by atomic mass is 35.5. The number of carbonyl (C=O) groups is 1. The summed E-state index contributed by atoms with van der Waals surface area (Å²) in [5.74, 6) is 0.189. The lowest BCUT2D eigenvalue weighted by Gasteiger charge is -2.18. The van der Waals surface area contributed by atoms with Gasteiger partial charge in [-0.2, -0.15) is 4.98 Å². The van der Waals surface area contributed by atoms with Crippen molar-refractivity contribution in [3.63, 3.8) is 0 Å². The van der Waals surface area contributed by atoms with E-state index in [0.29, 0.717) is 5.82 Å². The average Bonchev–Trinajstić information content (AvgIpc) is 3.11. The first kappa shape index (κ1) is 18.3. The number of hydrogen-bond donors (Lipinski definition) is 1. The van der Waals surface area contributed by atoms with Crippen LogP contribution in [0.15, 0.2) is 41.2 Å². The third-order valence-electron chi connectivity index (χ3n) is 3.61. The van der Waals surface area contributed by atoms with Crippen LogP contribution in [0.1, 0.15) is 36.3 Å². The van der Waals surface area contributed by atoms with Crippen LogP contribution in [-0.2, 0) is 0 Å². The van der Waals surface area contributed by atoms with E-state index in [1.807, 2.05) is 19.9 Å². The second-order valence-corrected chi connectivity index (χ2v) is 6.65. The third kappa shape index (κ3) is 4.00. The molecular formula is C17H15Cl2N5O2. The van der Waals surface area contributed by atoms with Gasteiger partial charge in [0.2, 0.25) is 11.7 Å². The molecule has 0 fully saturated rings. The maximum atomic E-state index is 12.6. The summed E-state index contributed by atoms with van der Waals surface area (Å²) >= 11 is 11.9. The van der Waals surface area contributed by atoms with Crippen molar-refractivity contribution < 1.29 is 9.32 Å². The number of nitrogens with one attached hydrogen (secondary N) is 1. The Morgan fingerprint density at radius 3 is 2.69 bits per heavy atom. The van der Waals surface area contributed by atoms with Gasteiger partial charge in [-0.15, -0.1) is 0 Å². The predicted molar refractivity (Wildman–Crippen MR) is 96.8 cm³/mol. The molecule has 134 valence electrons. The van der Waals surface area contributed by atoms with Gasteiger partial charge in [0, 0.05) is 18.0 Å². The molecule has 0 aromatic carbocycles. The van der Waals surface area contributed by atoms with Crippen molar-refractivity contribution in [1.29, 1.82) is 0 Å². The molecule has 0 spiro atoms. The summed E-state index contributed by atoms with van der Waals surface area (Å²) in [6, 6.07) is 6.11. The largest absolute Gasteiger partial charge is 0.339 e. The van der Waals surface area contributed by atoms with Crippen molar-refractivity contribution >= 4 is 29.1 Å². The van der Waals surface area contributed by atoms with Crippen molar-refractivity contribution in [3.8, 4) is 11.4 Å². The molecule has 0 saturated carbocycles. The van der Waals surface area contributed by atoms with E-state index in [4.69, 9.17) is 27.7 Å². The molecule has 0 aliphatic rings. The van der Waals surface area contributed by atoms with Crippen molar-refractivity contribution in [1.82, 2.24) is 25.4 Å². The van der Waals surface area contributed by atoms with E-state index in [1.54, 1.807) is 18.5 Å². The van der Waals surface area contributed by atoms with E-state index in [9.17, 15) is 4.79 Å². The van der Waals surface area contributed by atoms with Crippen molar-refractivity contribution in [2.24, 2.45) is 5.92 Å². The first-order valence-electron chi connectivity index (χ1n) is 7.82. The fourth-order valence-corrected chi connectivity index (χ4v) is 2.61. The molecule has 1 unspecified atom stereocenters. The predicted octanol–water partition coefficient (Wildman–Crippen LogP) is 3.96. The zero-order chi connectivity index (χ0) is 18.7. The van der Waals surface area contributed by atoms with Gasteiger partial charge in [-0.3, -0.25) is 9.78 Å².